The molecule has 0 amide bonds. The third kappa shape index (κ3) is 4.41. The summed E-state index contributed by atoms with van der Waals surface area (Å²) in [6.07, 6.45) is 3.49. The first kappa shape index (κ1) is 9.91. The van der Waals surface area contributed by atoms with Gasteiger partial charge in [0.2, 0.25) is 0 Å². The average Bonchev–Trinajstić information content (AvgIpc) is 2.55. The highest BCUT2D eigenvalue weighted by Gasteiger charge is 1.93. The minimum atomic E-state index is 0.155. The molecule has 1 rings (SSSR count). The van der Waals surface area contributed by atoms with E-state index in [1.807, 2.05) is 6.20 Å². The first-order valence-electron chi connectivity index (χ1n) is 3.89. The van der Waals surface area contributed by atoms with Crippen LogP contribution >= 0.6 is 11.8 Å². The number of nitrogens with one attached hydrogen (secondary N) is 1. The quantitative estimate of drug-likeness (QED) is 0.351. The van der Waals surface area contributed by atoms with Gasteiger partial charge in [0, 0.05) is 23.4 Å². The Morgan fingerprint density at radius 2 is 2.46 bits per heavy atom. The van der Waals surface area contributed by atoms with Gasteiger partial charge in [0.1, 0.15) is 0 Å². The molecule has 13 heavy (non-hydrogen) atoms. The van der Waals surface area contributed by atoms with Gasteiger partial charge in [0.25, 0.3) is 0 Å². The Kier molecular flexibility index (Phi) is 4.17. The van der Waals surface area contributed by atoms with E-state index in [4.69, 9.17) is 11.5 Å². The molecule has 5 N–H and O–H groups in total. The van der Waals surface area contributed by atoms with Crippen molar-refractivity contribution in [2.45, 2.75) is 5.75 Å². The highest BCUT2D eigenvalue weighted by atomic mass is 32.2. The van der Waals surface area contributed by atoms with Crippen LogP contribution in [-0.4, -0.2) is 28.2 Å². The first-order valence-corrected chi connectivity index (χ1v) is 5.05. The number of imidazole rings is 1. The van der Waals surface area contributed by atoms with Crippen LogP contribution in [0.15, 0.2) is 17.5 Å². The molecule has 0 aliphatic rings. The van der Waals surface area contributed by atoms with Crippen molar-refractivity contribution in [3.05, 3.63) is 18.2 Å². The van der Waals surface area contributed by atoms with Gasteiger partial charge in [-0.05, 0) is 0 Å². The lowest BCUT2D eigenvalue weighted by Gasteiger charge is -1.96. The van der Waals surface area contributed by atoms with E-state index in [1.165, 1.54) is 0 Å². The van der Waals surface area contributed by atoms with Crippen LogP contribution in [0.25, 0.3) is 0 Å². The summed E-state index contributed by atoms with van der Waals surface area (Å²) in [7, 11) is 0. The number of thioether (sulfide) groups is 1. The van der Waals surface area contributed by atoms with E-state index in [-0.39, 0.29) is 5.96 Å². The lowest BCUT2D eigenvalue weighted by molar-refractivity contribution is 1.12. The van der Waals surface area contributed by atoms with Crippen LogP contribution < -0.4 is 11.5 Å². The zero-order chi connectivity index (χ0) is 9.52. The summed E-state index contributed by atoms with van der Waals surface area (Å²) in [6.45, 7) is 0.668. The molecule has 1 aromatic heterocycles. The molecule has 0 aromatic carbocycles. The number of aromatic amines is 1. The van der Waals surface area contributed by atoms with Crippen LogP contribution in [0.3, 0.4) is 0 Å². The molecule has 1 heterocycles. The maximum absolute atomic E-state index is 5.17. The highest BCUT2D eigenvalue weighted by molar-refractivity contribution is 7.98. The lowest BCUT2D eigenvalue weighted by atomic mass is 10.6. The van der Waals surface area contributed by atoms with Crippen LogP contribution in [-0.2, 0) is 5.75 Å². The molecule has 0 fully saturated rings. The fraction of sp³-hybridized carbons (Fsp3) is 0.429. The first-order chi connectivity index (χ1) is 6.29. The van der Waals surface area contributed by atoms with Crippen molar-refractivity contribution in [3.8, 4) is 0 Å². The van der Waals surface area contributed by atoms with Crippen molar-refractivity contribution < 1.29 is 0 Å². The van der Waals surface area contributed by atoms with E-state index in [1.54, 1.807) is 18.1 Å². The van der Waals surface area contributed by atoms with E-state index in [0.29, 0.717) is 6.54 Å². The van der Waals surface area contributed by atoms with E-state index in [2.05, 4.69) is 15.0 Å². The molecule has 0 bridgehead atoms. The van der Waals surface area contributed by atoms with Gasteiger partial charge in [0.05, 0.1) is 12.9 Å². The van der Waals surface area contributed by atoms with E-state index < -0.39 is 0 Å². The van der Waals surface area contributed by atoms with Gasteiger partial charge in [-0.25, -0.2) is 4.98 Å². The zero-order valence-electron chi connectivity index (χ0n) is 7.23. The summed E-state index contributed by atoms with van der Waals surface area (Å²) in [5, 5.41) is 0. The molecule has 0 saturated carbocycles. The average molecular weight is 199 g/mol. The second-order valence-electron chi connectivity index (χ2n) is 2.44. The summed E-state index contributed by atoms with van der Waals surface area (Å²) < 4.78 is 0. The van der Waals surface area contributed by atoms with Gasteiger partial charge in [-0.3, -0.25) is 4.99 Å². The molecule has 0 atom stereocenters. The van der Waals surface area contributed by atoms with Gasteiger partial charge >= 0.3 is 0 Å². The topological polar surface area (TPSA) is 93.1 Å². The lowest BCUT2D eigenvalue weighted by Crippen LogP contribution is -2.23. The second-order valence-corrected chi connectivity index (χ2v) is 3.54. The smallest absolute Gasteiger partial charge is 0.185 e. The van der Waals surface area contributed by atoms with Gasteiger partial charge in [-0.2, -0.15) is 11.8 Å². The molecule has 0 spiro atoms. The number of aromatic nitrogens is 2. The molecule has 6 heteroatoms. The monoisotopic (exact) mass is 199 g/mol. The van der Waals surface area contributed by atoms with Gasteiger partial charge < -0.3 is 16.5 Å². The summed E-state index contributed by atoms with van der Waals surface area (Å²) in [4.78, 5) is 10.8. The van der Waals surface area contributed by atoms with Crippen LogP contribution in [0, 0.1) is 0 Å². The number of hydrogen-bond donors (Lipinski definition) is 3. The van der Waals surface area contributed by atoms with Crippen molar-refractivity contribution in [3.63, 3.8) is 0 Å². The van der Waals surface area contributed by atoms with Gasteiger partial charge in [-0.15, -0.1) is 0 Å². The Balaban J connectivity index is 2.05. The number of aliphatic imine (C=N–C) groups is 1. The number of hydrogen-bond acceptors (Lipinski definition) is 3. The zero-order valence-corrected chi connectivity index (χ0v) is 8.05. The Morgan fingerprint density at radius 3 is 3.08 bits per heavy atom. The molecule has 0 radical (unpaired) electrons. The van der Waals surface area contributed by atoms with Crippen LogP contribution in [0.4, 0.5) is 0 Å². The molecular formula is C7H13N5S. The fourth-order valence-corrected chi connectivity index (χ4v) is 1.53. The van der Waals surface area contributed by atoms with Crippen molar-refractivity contribution >= 4 is 17.7 Å². The predicted octanol–water partition coefficient (Wildman–Crippen LogP) is -0.0837. The summed E-state index contributed by atoms with van der Waals surface area (Å²) in [5.74, 6) is 1.99. The molecule has 0 unspecified atom stereocenters. The molecule has 1 aromatic rings. The Bertz CT molecular complexity index is 252. The molecular weight excluding hydrogens is 186 g/mol. The summed E-state index contributed by atoms with van der Waals surface area (Å²) >= 11 is 1.76. The number of nitrogens with two attached hydrogens (primary N) is 2. The minimum absolute atomic E-state index is 0.155. The Morgan fingerprint density at radius 1 is 1.62 bits per heavy atom. The SMILES string of the molecule is NC(N)=NCCSCc1cnc[nH]1. The molecule has 0 aliphatic heterocycles. The number of guanidine groups is 1. The number of H-pyrrole nitrogens is 1. The van der Waals surface area contributed by atoms with Crippen LogP contribution in [0.1, 0.15) is 5.69 Å². The number of rotatable bonds is 5. The third-order valence-corrected chi connectivity index (χ3v) is 2.33. The van der Waals surface area contributed by atoms with E-state index >= 15 is 0 Å². The molecule has 72 valence electrons. The molecule has 5 nitrogen and oxygen atoms in total. The van der Waals surface area contributed by atoms with Gasteiger partial charge in [0.15, 0.2) is 5.96 Å². The van der Waals surface area contributed by atoms with E-state index in [0.717, 1.165) is 17.2 Å². The molecule has 0 aliphatic carbocycles. The second kappa shape index (κ2) is 5.47. The highest BCUT2D eigenvalue weighted by Crippen LogP contribution is 2.07. The van der Waals surface area contributed by atoms with Crippen molar-refractivity contribution in [1.29, 1.82) is 0 Å². The van der Waals surface area contributed by atoms with Gasteiger partial charge in [-0.1, -0.05) is 0 Å². The Labute approximate surface area is 81.0 Å². The van der Waals surface area contributed by atoms with Crippen molar-refractivity contribution in [1.82, 2.24) is 9.97 Å². The standard InChI is InChI=1S/C7H13N5S/c8-7(9)11-1-2-13-4-6-3-10-5-12-6/h3,5H,1-2,4H2,(H,10,12)(H4,8,9,11). The van der Waals surface area contributed by atoms with Crippen LogP contribution in [0.2, 0.25) is 0 Å². The van der Waals surface area contributed by atoms with Crippen molar-refractivity contribution in [2.75, 3.05) is 12.3 Å². The fourth-order valence-electron chi connectivity index (χ4n) is 0.785. The van der Waals surface area contributed by atoms with Crippen molar-refractivity contribution in [2.24, 2.45) is 16.5 Å². The third-order valence-electron chi connectivity index (χ3n) is 1.34. The Hall–Kier alpha value is -1.17. The predicted molar refractivity (Wildman–Crippen MR) is 55.4 cm³/mol. The van der Waals surface area contributed by atoms with Crippen LogP contribution in [0.5, 0.6) is 0 Å². The normalized spacial score (nSPS) is 9.85. The summed E-state index contributed by atoms with van der Waals surface area (Å²) in [6, 6.07) is 0. The maximum atomic E-state index is 5.17. The molecule has 0 saturated heterocycles. The maximum Gasteiger partial charge on any atom is 0.185 e. The number of nitrogens with zero attached hydrogens (tertiary/aromatic N) is 2. The largest absolute Gasteiger partial charge is 0.370 e. The summed E-state index contributed by atoms with van der Waals surface area (Å²) in [5.41, 5.74) is 11.5. The minimum Gasteiger partial charge on any atom is -0.370 e. The van der Waals surface area contributed by atoms with E-state index in [9.17, 15) is 0 Å².